The first kappa shape index (κ1) is 12.8. The second-order valence-electron chi connectivity index (χ2n) is 3.97. The van der Waals surface area contributed by atoms with Crippen molar-refractivity contribution >= 4 is 11.9 Å². The van der Waals surface area contributed by atoms with Gasteiger partial charge < -0.3 is 9.84 Å². The largest absolute Gasteiger partial charge is 0.478 e. The molecule has 96 valence electrons. The molecule has 0 fully saturated rings. The van der Waals surface area contributed by atoms with Crippen LogP contribution in [0.1, 0.15) is 17.3 Å². The Hall–Kier alpha value is -2.62. The van der Waals surface area contributed by atoms with Gasteiger partial charge >= 0.3 is 11.9 Å². The first-order valence-electron chi connectivity index (χ1n) is 5.69. The molecule has 0 aliphatic carbocycles. The number of carbonyl (C=O) groups excluding carboxylic acids is 1. The zero-order valence-corrected chi connectivity index (χ0v) is 10.3. The lowest BCUT2D eigenvalue weighted by atomic mass is 9.99. The van der Waals surface area contributed by atoms with Gasteiger partial charge in [-0.05, 0) is 29.3 Å². The molecule has 0 saturated heterocycles. The van der Waals surface area contributed by atoms with Crippen LogP contribution in [0.3, 0.4) is 0 Å². The Balaban J connectivity index is 2.50. The summed E-state index contributed by atoms with van der Waals surface area (Å²) in [6.45, 7) is 1.27. The summed E-state index contributed by atoms with van der Waals surface area (Å²) in [7, 11) is 0. The van der Waals surface area contributed by atoms with E-state index < -0.39 is 11.9 Å². The Bertz CT molecular complexity index is 617. The van der Waals surface area contributed by atoms with Gasteiger partial charge in [0.1, 0.15) is 5.75 Å². The number of benzene rings is 2. The van der Waals surface area contributed by atoms with E-state index in [1.54, 1.807) is 12.1 Å². The smallest absolute Gasteiger partial charge is 0.336 e. The van der Waals surface area contributed by atoms with Gasteiger partial charge in [0.15, 0.2) is 0 Å². The number of aromatic carboxylic acids is 1. The van der Waals surface area contributed by atoms with Gasteiger partial charge in [-0.3, -0.25) is 4.79 Å². The van der Waals surface area contributed by atoms with Gasteiger partial charge in [0.05, 0.1) is 5.56 Å². The third-order valence-corrected chi connectivity index (χ3v) is 2.57. The van der Waals surface area contributed by atoms with Gasteiger partial charge in [-0.1, -0.05) is 30.3 Å². The van der Waals surface area contributed by atoms with E-state index in [0.717, 1.165) is 5.56 Å². The Morgan fingerprint density at radius 2 is 1.74 bits per heavy atom. The molecule has 2 aromatic carbocycles. The van der Waals surface area contributed by atoms with Crippen molar-refractivity contribution in [2.24, 2.45) is 0 Å². The molecule has 0 amide bonds. The Morgan fingerprint density at radius 1 is 1.05 bits per heavy atom. The molecule has 0 unspecified atom stereocenters. The minimum Gasteiger partial charge on any atom is -0.478 e. The predicted octanol–water partition coefficient (Wildman–Crippen LogP) is 2.98. The molecule has 0 radical (unpaired) electrons. The lowest BCUT2D eigenvalue weighted by molar-refractivity contribution is -0.131. The van der Waals surface area contributed by atoms with Crippen LogP contribution >= 0.6 is 0 Å². The maximum absolute atomic E-state index is 11.3. The van der Waals surface area contributed by atoms with Crippen molar-refractivity contribution in [1.29, 1.82) is 0 Å². The summed E-state index contributed by atoms with van der Waals surface area (Å²) in [5, 5.41) is 9.25. The van der Waals surface area contributed by atoms with Crippen molar-refractivity contribution in [1.82, 2.24) is 0 Å². The fourth-order valence-electron chi connectivity index (χ4n) is 1.80. The number of carboxylic acids is 1. The Labute approximate surface area is 110 Å². The van der Waals surface area contributed by atoms with Gasteiger partial charge in [0.2, 0.25) is 0 Å². The molecule has 0 aliphatic rings. The molecule has 0 heterocycles. The molecule has 1 N–H and O–H groups in total. The molecular formula is C15H12O4. The van der Waals surface area contributed by atoms with E-state index in [0.29, 0.717) is 5.56 Å². The van der Waals surface area contributed by atoms with Gasteiger partial charge in [-0.15, -0.1) is 0 Å². The SMILES string of the molecule is CC(=O)Oc1ccc(-c2ccccc2)c(C(=O)O)c1. The van der Waals surface area contributed by atoms with Gasteiger partial charge in [0.25, 0.3) is 0 Å². The number of rotatable bonds is 3. The van der Waals surface area contributed by atoms with Crippen molar-refractivity contribution in [3.63, 3.8) is 0 Å². The van der Waals surface area contributed by atoms with E-state index in [1.807, 2.05) is 30.3 Å². The quantitative estimate of drug-likeness (QED) is 0.677. The summed E-state index contributed by atoms with van der Waals surface area (Å²) >= 11 is 0. The third-order valence-electron chi connectivity index (χ3n) is 2.57. The number of carboxylic acid groups (broad SMARTS) is 1. The highest BCUT2D eigenvalue weighted by Gasteiger charge is 2.13. The van der Waals surface area contributed by atoms with Crippen LogP contribution < -0.4 is 4.74 Å². The molecule has 0 saturated carbocycles. The molecule has 0 atom stereocenters. The maximum Gasteiger partial charge on any atom is 0.336 e. The summed E-state index contributed by atoms with van der Waals surface area (Å²) in [6, 6.07) is 13.7. The molecule has 0 bridgehead atoms. The topological polar surface area (TPSA) is 63.6 Å². The number of carbonyl (C=O) groups is 2. The number of hydrogen-bond acceptors (Lipinski definition) is 3. The first-order chi connectivity index (χ1) is 9.08. The molecule has 4 heteroatoms. The fraction of sp³-hybridized carbons (Fsp3) is 0.0667. The molecule has 0 aromatic heterocycles. The summed E-state index contributed by atoms with van der Waals surface area (Å²) in [6.07, 6.45) is 0. The van der Waals surface area contributed by atoms with Crippen molar-refractivity contribution in [3.05, 3.63) is 54.1 Å². The monoisotopic (exact) mass is 256 g/mol. The van der Waals surface area contributed by atoms with E-state index in [4.69, 9.17) is 4.74 Å². The minimum atomic E-state index is -1.06. The average molecular weight is 256 g/mol. The molecule has 2 rings (SSSR count). The highest BCUT2D eigenvalue weighted by molar-refractivity contribution is 5.96. The second kappa shape index (κ2) is 5.35. The van der Waals surface area contributed by atoms with Crippen LogP contribution in [0.2, 0.25) is 0 Å². The normalized spacial score (nSPS) is 9.95. The lowest BCUT2D eigenvalue weighted by Gasteiger charge is -2.08. The van der Waals surface area contributed by atoms with Gasteiger partial charge in [-0.25, -0.2) is 4.79 Å². The Morgan fingerprint density at radius 3 is 2.32 bits per heavy atom. The summed E-state index contributed by atoms with van der Waals surface area (Å²) < 4.78 is 4.89. The van der Waals surface area contributed by atoms with Crippen LogP contribution in [0.5, 0.6) is 5.75 Å². The number of ether oxygens (including phenoxy) is 1. The summed E-state index contributed by atoms with van der Waals surface area (Å²) in [4.78, 5) is 22.2. The van der Waals surface area contributed by atoms with Crippen LogP contribution in [0.25, 0.3) is 11.1 Å². The molecule has 4 nitrogen and oxygen atoms in total. The van der Waals surface area contributed by atoms with Gasteiger partial charge in [-0.2, -0.15) is 0 Å². The standard InChI is InChI=1S/C15H12O4/c1-10(16)19-12-7-8-13(14(9-12)15(17)18)11-5-3-2-4-6-11/h2-9H,1H3,(H,17,18). The van der Waals surface area contributed by atoms with Crippen LogP contribution in [-0.2, 0) is 4.79 Å². The third kappa shape index (κ3) is 2.98. The molecule has 2 aromatic rings. The van der Waals surface area contributed by atoms with E-state index in [-0.39, 0.29) is 11.3 Å². The highest BCUT2D eigenvalue weighted by atomic mass is 16.5. The zero-order chi connectivity index (χ0) is 13.8. The van der Waals surface area contributed by atoms with E-state index in [2.05, 4.69) is 0 Å². The van der Waals surface area contributed by atoms with E-state index >= 15 is 0 Å². The van der Waals surface area contributed by atoms with E-state index in [9.17, 15) is 14.7 Å². The zero-order valence-electron chi connectivity index (χ0n) is 10.3. The van der Waals surface area contributed by atoms with Gasteiger partial charge in [0, 0.05) is 6.92 Å². The summed E-state index contributed by atoms with van der Waals surface area (Å²) in [5.74, 6) is -1.32. The van der Waals surface area contributed by atoms with Crippen molar-refractivity contribution in [2.75, 3.05) is 0 Å². The van der Waals surface area contributed by atoms with Crippen LogP contribution in [-0.4, -0.2) is 17.0 Å². The molecule has 19 heavy (non-hydrogen) atoms. The van der Waals surface area contributed by atoms with Crippen molar-refractivity contribution in [3.8, 4) is 16.9 Å². The summed E-state index contributed by atoms with van der Waals surface area (Å²) in [5.41, 5.74) is 1.49. The highest BCUT2D eigenvalue weighted by Crippen LogP contribution is 2.27. The van der Waals surface area contributed by atoms with Crippen molar-refractivity contribution in [2.45, 2.75) is 6.92 Å². The van der Waals surface area contributed by atoms with Crippen molar-refractivity contribution < 1.29 is 19.4 Å². The molecule has 0 aliphatic heterocycles. The van der Waals surface area contributed by atoms with Crippen LogP contribution in [0, 0.1) is 0 Å². The predicted molar refractivity (Wildman–Crippen MR) is 70.1 cm³/mol. The number of hydrogen-bond donors (Lipinski definition) is 1. The Kier molecular flexibility index (Phi) is 3.61. The fourth-order valence-corrected chi connectivity index (χ4v) is 1.80. The lowest BCUT2D eigenvalue weighted by Crippen LogP contribution is -2.04. The minimum absolute atomic E-state index is 0.102. The van der Waals surface area contributed by atoms with Crippen LogP contribution in [0.4, 0.5) is 0 Å². The first-order valence-corrected chi connectivity index (χ1v) is 5.69. The number of esters is 1. The second-order valence-corrected chi connectivity index (χ2v) is 3.97. The average Bonchev–Trinajstić information content (AvgIpc) is 2.39. The van der Waals surface area contributed by atoms with Crippen LogP contribution in [0.15, 0.2) is 48.5 Å². The molecule has 0 spiro atoms. The van der Waals surface area contributed by atoms with E-state index in [1.165, 1.54) is 13.0 Å². The molecular weight excluding hydrogens is 244 g/mol. The maximum atomic E-state index is 11.3.